The Morgan fingerprint density at radius 2 is 2.00 bits per heavy atom. The monoisotopic (exact) mass is 316 g/mol. The van der Waals surface area contributed by atoms with Crippen molar-refractivity contribution in [3.05, 3.63) is 33.6 Å². The van der Waals surface area contributed by atoms with Gasteiger partial charge in [0.15, 0.2) is 0 Å². The summed E-state index contributed by atoms with van der Waals surface area (Å²) in [7, 11) is 0. The number of carboxylic acid groups (broad SMARTS) is 2. The van der Waals surface area contributed by atoms with Gasteiger partial charge in [-0.3, -0.25) is 14.6 Å². The molecule has 10 nitrogen and oxygen atoms in total. The van der Waals surface area contributed by atoms with Crippen LogP contribution in [0.4, 0.5) is 0 Å². The summed E-state index contributed by atoms with van der Waals surface area (Å²) in [6.45, 7) is 3.89. The van der Waals surface area contributed by atoms with Crippen LogP contribution in [0, 0.1) is 17.0 Å². The van der Waals surface area contributed by atoms with Crippen molar-refractivity contribution in [1.29, 1.82) is 0 Å². The molecule has 1 unspecified atom stereocenters. The quantitative estimate of drug-likeness (QED) is 0.508. The van der Waals surface area contributed by atoms with E-state index < -0.39 is 29.6 Å². The van der Waals surface area contributed by atoms with E-state index in [9.17, 15) is 24.8 Å². The largest absolute Gasteiger partial charge is 0.506 e. The summed E-state index contributed by atoms with van der Waals surface area (Å²) in [5, 5.41) is 33.7. The van der Waals surface area contributed by atoms with Crippen LogP contribution in [0.3, 0.4) is 0 Å². The highest BCUT2D eigenvalue weighted by Crippen LogP contribution is 2.14. The molecule has 1 heterocycles. The lowest BCUT2D eigenvalue weighted by Gasteiger charge is -2.05. The lowest BCUT2D eigenvalue weighted by Crippen LogP contribution is -2.29. The summed E-state index contributed by atoms with van der Waals surface area (Å²) >= 11 is 0. The zero-order chi connectivity index (χ0) is 17.3. The molecule has 0 aliphatic rings. The fourth-order valence-corrected chi connectivity index (χ4v) is 1.30. The molecule has 0 saturated carbocycles. The second kappa shape index (κ2) is 9.10. The van der Waals surface area contributed by atoms with Gasteiger partial charge in [0.2, 0.25) is 6.10 Å². The molecule has 22 heavy (non-hydrogen) atoms. The van der Waals surface area contributed by atoms with Crippen molar-refractivity contribution < 1.29 is 34.8 Å². The minimum Gasteiger partial charge on any atom is -0.506 e. The van der Waals surface area contributed by atoms with E-state index in [0.717, 1.165) is 17.8 Å². The maximum atomic E-state index is 10.1. The molecule has 0 radical (unpaired) electrons. The smallest absolute Gasteiger partial charge is 0.333 e. The second-order valence-corrected chi connectivity index (χ2v) is 4.03. The minimum absolute atomic E-state index is 0.299. The van der Waals surface area contributed by atoms with Crippen molar-refractivity contribution in [3.8, 4) is 5.75 Å². The number of carboxylic acids is 2. The first-order valence-corrected chi connectivity index (χ1v) is 6.08. The number of rotatable bonds is 6. The summed E-state index contributed by atoms with van der Waals surface area (Å²) in [4.78, 5) is 37.3. The maximum absolute atomic E-state index is 10.1. The van der Waals surface area contributed by atoms with E-state index in [4.69, 9.17) is 10.2 Å². The highest BCUT2D eigenvalue weighted by Gasteiger charge is 2.24. The molecule has 0 bridgehead atoms. The first-order chi connectivity index (χ1) is 10.2. The van der Waals surface area contributed by atoms with Gasteiger partial charge in [-0.05, 0) is 25.5 Å². The number of pyridine rings is 1. The molecular formula is C12H16N2O8. The summed E-state index contributed by atoms with van der Waals surface area (Å²) in [6, 6.07) is 3.48. The summed E-state index contributed by atoms with van der Waals surface area (Å²) < 4.78 is 0. The van der Waals surface area contributed by atoms with Crippen LogP contribution in [0.15, 0.2) is 12.1 Å². The molecule has 10 heteroatoms. The van der Waals surface area contributed by atoms with Gasteiger partial charge in [0, 0.05) is 5.69 Å². The average molecular weight is 316 g/mol. The van der Waals surface area contributed by atoms with Crippen molar-refractivity contribution in [2.24, 2.45) is 0 Å². The lowest BCUT2D eigenvalue weighted by atomic mass is 10.2. The van der Waals surface area contributed by atoms with Crippen molar-refractivity contribution in [3.63, 3.8) is 0 Å². The normalized spacial score (nSPS) is 10.8. The van der Waals surface area contributed by atoms with Gasteiger partial charge in [-0.15, -0.1) is 10.1 Å². The van der Waals surface area contributed by atoms with E-state index in [2.05, 4.69) is 9.82 Å². The van der Waals surface area contributed by atoms with Crippen molar-refractivity contribution >= 4 is 11.9 Å². The first-order valence-electron chi connectivity index (χ1n) is 6.08. The molecule has 1 atom stereocenters. The van der Waals surface area contributed by atoms with Crippen molar-refractivity contribution in [1.82, 2.24) is 4.98 Å². The van der Waals surface area contributed by atoms with E-state index in [-0.39, 0.29) is 0 Å². The Balaban J connectivity index is 0.000000406. The lowest BCUT2D eigenvalue weighted by molar-refractivity contribution is -0.764. The predicted octanol–water partition coefficient (Wildman–Crippen LogP) is 0.781. The molecule has 0 aliphatic heterocycles. The number of nitrogens with zero attached hydrogens (tertiary/aromatic N) is 2. The minimum atomic E-state index is -1.95. The van der Waals surface area contributed by atoms with Crippen LogP contribution in [0.1, 0.15) is 24.7 Å². The first kappa shape index (κ1) is 19.1. The molecule has 1 aromatic rings. The third-order valence-corrected chi connectivity index (χ3v) is 2.27. The molecule has 0 spiro atoms. The topological polar surface area (TPSA) is 160 Å². The Kier molecular flexibility index (Phi) is 7.90. The third-order valence-electron chi connectivity index (χ3n) is 2.27. The van der Waals surface area contributed by atoms with Gasteiger partial charge in [0.05, 0.1) is 12.1 Å². The van der Waals surface area contributed by atoms with E-state index in [1.54, 1.807) is 12.1 Å². The molecule has 0 amide bonds. The Morgan fingerprint density at radius 3 is 2.36 bits per heavy atom. The molecule has 122 valence electrons. The van der Waals surface area contributed by atoms with E-state index >= 15 is 0 Å². The Morgan fingerprint density at radius 1 is 1.41 bits per heavy atom. The fourth-order valence-electron chi connectivity index (χ4n) is 1.30. The molecule has 1 rings (SSSR count). The molecule has 0 saturated heterocycles. The molecule has 1 aromatic heterocycles. The van der Waals surface area contributed by atoms with Crippen LogP contribution in [-0.2, 0) is 20.8 Å². The zero-order valence-corrected chi connectivity index (χ0v) is 11.9. The molecular weight excluding hydrogens is 300 g/mol. The van der Waals surface area contributed by atoms with E-state index in [0.29, 0.717) is 5.75 Å². The highest BCUT2D eigenvalue weighted by atomic mass is 17.0. The molecule has 0 aromatic carbocycles. The van der Waals surface area contributed by atoms with Crippen LogP contribution >= 0.6 is 0 Å². The van der Waals surface area contributed by atoms with Gasteiger partial charge in [0.1, 0.15) is 5.75 Å². The van der Waals surface area contributed by atoms with Crippen LogP contribution in [-0.4, -0.2) is 43.4 Å². The van der Waals surface area contributed by atoms with Gasteiger partial charge >= 0.3 is 11.9 Å². The SMILES string of the molecule is CCc1nc(C)ccc1O.O=C(O)CC(O[N+](=O)[O-])C(=O)O. The fraction of sp³-hybridized carbons (Fsp3) is 0.417. The Bertz CT molecular complexity index is 530. The number of hydrogen-bond acceptors (Lipinski definition) is 7. The molecule has 0 aliphatic carbocycles. The number of carbonyl (C=O) groups is 2. The van der Waals surface area contributed by atoms with Crippen LogP contribution in [0.5, 0.6) is 5.75 Å². The number of aromatic hydroxyl groups is 1. The standard InChI is InChI=1S/C8H11NO.C4H5NO7/c1-3-7-8(10)5-4-6(2)9-7;6-3(7)1-2(4(8)9)12-5(10)11/h4-5,10H,3H2,1-2H3;2H,1H2,(H,6,7)(H,8,9). The second-order valence-electron chi connectivity index (χ2n) is 4.03. The number of aliphatic carboxylic acids is 2. The van der Waals surface area contributed by atoms with Gasteiger partial charge in [0.25, 0.3) is 5.09 Å². The Labute approximate surface area is 125 Å². The Hall–Kier alpha value is -2.91. The van der Waals surface area contributed by atoms with Gasteiger partial charge < -0.3 is 15.3 Å². The summed E-state index contributed by atoms with van der Waals surface area (Å²) in [6.07, 6.45) is -2.11. The van der Waals surface area contributed by atoms with Crippen LogP contribution in [0.2, 0.25) is 0 Å². The molecule has 3 N–H and O–H groups in total. The van der Waals surface area contributed by atoms with Crippen LogP contribution < -0.4 is 0 Å². The van der Waals surface area contributed by atoms with E-state index in [1.807, 2.05) is 13.8 Å². The van der Waals surface area contributed by atoms with Gasteiger partial charge in [-0.25, -0.2) is 4.79 Å². The summed E-state index contributed by atoms with van der Waals surface area (Å²) in [5.41, 5.74) is 1.73. The van der Waals surface area contributed by atoms with Gasteiger partial charge in [-0.2, -0.15) is 0 Å². The van der Waals surface area contributed by atoms with Gasteiger partial charge in [-0.1, -0.05) is 6.92 Å². The number of hydrogen-bond donors (Lipinski definition) is 3. The number of aromatic nitrogens is 1. The number of aryl methyl sites for hydroxylation is 2. The van der Waals surface area contributed by atoms with Crippen molar-refractivity contribution in [2.45, 2.75) is 32.8 Å². The zero-order valence-electron chi connectivity index (χ0n) is 11.9. The van der Waals surface area contributed by atoms with E-state index in [1.165, 1.54) is 0 Å². The maximum Gasteiger partial charge on any atom is 0.333 e. The molecule has 0 fully saturated rings. The van der Waals surface area contributed by atoms with Crippen molar-refractivity contribution in [2.75, 3.05) is 0 Å². The highest BCUT2D eigenvalue weighted by molar-refractivity contribution is 5.79. The average Bonchev–Trinajstić information content (AvgIpc) is 2.40. The van der Waals surface area contributed by atoms with Crippen LogP contribution in [0.25, 0.3) is 0 Å². The predicted molar refractivity (Wildman–Crippen MR) is 71.8 cm³/mol. The third kappa shape index (κ3) is 7.62. The summed E-state index contributed by atoms with van der Waals surface area (Å²) in [5.74, 6) is -2.87.